The molecule has 0 aromatic heterocycles. The Labute approximate surface area is 74.5 Å². The molecule has 1 nitrogen and oxygen atoms in total. The second-order valence-corrected chi connectivity index (χ2v) is 3.51. The average molecular weight is 164 g/mol. The quantitative estimate of drug-likeness (QED) is 0.435. The van der Waals surface area contributed by atoms with E-state index in [0.29, 0.717) is 11.7 Å². The van der Waals surface area contributed by atoms with E-state index in [4.69, 9.17) is 6.42 Å². The number of unbranched alkanes of at least 4 members (excludes halogenated alkanes) is 3. The van der Waals surface area contributed by atoms with Gasteiger partial charge in [0.1, 0.15) is 5.78 Å². The van der Waals surface area contributed by atoms with Gasteiger partial charge in [0, 0.05) is 18.8 Å². The van der Waals surface area contributed by atoms with Gasteiger partial charge in [-0.25, -0.2) is 0 Å². The van der Waals surface area contributed by atoms with Crippen LogP contribution in [-0.2, 0) is 4.79 Å². The van der Waals surface area contributed by atoms with Crippen molar-refractivity contribution < 1.29 is 4.79 Å². The van der Waals surface area contributed by atoms with Gasteiger partial charge >= 0.3 is 0 Å². The van der Waals surface area contributed by atoms with E-state index in [1.54, 1.807) is 0 Å². The van der Waals surface area contributed by atoms with Gasteiger partial charge in [0.2, 0.25) is 0 Å². The molecule has 0 aromatic carbocycles. The van der Waals surface area contributed by atoms with E-state index in [-0.39, 0.29) is 0 Å². The maximum Gasteiger partial charge on any atom is 0.135 e. The molecular formula is C11H16O. The molecule has 0 aromatic rings. The minimum Gasteiger partial charge on any atom is -0.299 e. The van der Waals surface area contributed by atoms with Gasteiger partial charge in [-0.3, -0.25) is 4.79 Å². The third-order valence-corrected chi connectivity index (χ3v) is 2.28. The molecule has 1 aliphatic carbocycles. The van der Waals surface area contributed by atoms with E-state index in [9.17, 15) is 4.79 Å². The number of carbonyl (C=O) groups excluding carboxylic acids is 1. The van der Waals surface area contributed by atoms with Gasteiger partial charge in [-0.2, -0.15) is 0 Å². The van der Waals surface area contributed by atoms with E-state index in [2.05, 4.69) is 5.92 Å². The fourth-order valence-electron chi connectivity index (χ4n) is 1.31. The summed E-state index contributed by atoms with van der Waals surface area (Å²) in [4.78, 5) is 11.2. The van der Waals surface area contributed by atoms with Gasteiger partial charge in [0.25, 0.3) is 0 Å². The maximum atomic E-state index is 11.2. The molecule has 0 atom stereocenters. The lowest BCUT2D eigenvalue weighted by atomic mass is 10.1. The van der Waals surface area contributed by atoms with Crippen molar-refractivity contribution in [2.45, 2.75) is 44.9 Å². The number of hydrogen-bond acceptors (Lipinski definition) is 1. The Morgan fingerprint density at radius 1 is 1.33 bits per heavy atom. The molecule has 0 heterocycles. The molecule has 0 amide bonds. The van der Waals surface area contributed by atoms with Crippen LogP contribution < -0.4 is 0 Å². The number of rotatable bonds is 6. The van der Waals surface area contributed by atoms with Crippen LogP contribution in [0.2, 0.25) is 0 Å². The number of ketones is 1. The Morgan fingerprint density at radius 3 is 2.67 bits per heavy atom. The van der Waals surface area contributed by atoms with Crippen molar-refractivity contribution in [1.29, 1.82) is 0 Å². The second-order valence-electron chi connectivity index (χ2n) is 3.51. The van der Waals surface area contributed by atoms with Gasteiger partial charge < -0.3 is 0 Å². The molecule has 0 saturated heterocycles. The fraction of sp³-hybridized carbons (Fsp3) is 0.727. The maximum absolute atomic E-state index is 11.2. The molecule has 0 bridgehead atoms. The molecule has 1 rings (SSSR count). The molecule has 0 aliphatic heterocycles. The molecule has 0 N–H and O–H groups in total. The van der Waals surface area contributed by atoms with Crippen LogP contribution in [0.15, 0.2) is 0 Å². The van der Waals surface area contributed by atoms with Crippen molar-refractivity contribution in [3.8, 4) is 12.3 Å². The second kappa shape index (κ2) is 4.98. The molecule has 12 heavy (non-hydrogen) atoms. The van der Waals surface area contributed by atoms with E-state index in [1.165, 1.54) is 0 Å². The van der Waals surface area contributed by atoms with E-state index in [0.717, 1.165) is 44.9 Å². The van der Waals surface area contributed by atoms with E-state index >= 15 is 0 Å². The number of terminal acetylenes is 1. The molecular weight excluding hydrogens is 148 g/mol. The molecule has 0 unspecified atom stereocenters. The summed E-state index contributed by atoms with van der Waals surface area (Å²) in [6.07, 6.45) is 12.3. The summed E-state index contributed by atoms with van der Waals surface area (Å²) in [7, 11) is 0. The highest BCUT2D eigenvalue weighted by atomic mass is 16.1. The molecule has 0 radical (unpaired) electrons. The summed E-state index contributed by atoms with van der Waals surface area (Å²) in [6, 6.07) is 0. The Balaban J connectivity index is 1.88. The Bertz CT molecular complexity index is 184. The topological polar surface area (TPSA) is 17.1 Å². The zero-order valence-corrected chi connectivity index (χ0v) is 7.51. The fourth-order valence-corrected chi connectivity index (χ4v) is 1.31. The van der Waals surface area contributed by atoms with Gasteiger partial charge in [-0.15, -0.1) is 12.3 Å². The number of Topliss-reactive ketones (excluding diaryl/α,β-unsaturated/α-hetero) is 1. The lowest BCUT2D eigenvalue weighted by Gasteiger charge is -1.97. The lowest BCUT2D eigenvalue weighted by Crippen LogP contribution is -1.99. The highest BCUT2D eigenvalue weighted by Crippen LogP contribution is 2.31. The van der Waals surface area contributed by atoms with Crippen LogP contribution in [0.25, 0.3) is 0 Å². The van der Waals surface area contributed by atoms with Gasteiger partial charge in [0.05, 0.1) is 0 Å². The predicted octanol–water partition coefficient (Wildman–Crippen LogP) is 2.55. The monoisotopic (exact) mass is 164 g/mol. The molecule has 0 spiro atoms. The van der Waals surface area contributed by atoms with Gasteiger partial charge in [-0.1, -0.05) is 6.42 Å². The highest BCUT2D eigenvalue weighted by Gasteiger charge is 2.28. The van der Waals surface area contributed by atoms with Crippen molar-refractivity contribution in [3.05, 3.63) is 0 Å². The van der Waals surface area contributed by atoms with Crippen LogP contribution in [0.5, 0.6) is 0 Å². The van der Waals surface area contributed by atoms with Gasteiger partial charge in [0.15, 0.2) is 0 Å². The lowest BCUT2D eigenvalue weighted by molar-refractivity contribution is -0.120. The molecule has 1 fully saturated rings. The van der Waals surface area contributed by atoms with Crippen LogP contribution in [-0.4, -0.2) is 5.78 Å². The Morgan fingerprint density at radius 2 is 2.08 bits per heavy atom. The molecule has 66 valence electrons. The zero-order valence-electron chi connectivity index (χ0n) is 7.51. The predicted molar refractivity (Wildman–Crippen MR) is 49.6 cm³/mol. The van der Waals surface area contributed by atoms with Crippen LogP contribution in [0.1, 0.15) is 44.9 Å². The van der Waals surface area contributed by atoms with Crippen molar-refractivity contribution in [3.63, 3.8) is 0 Å². The summed E-state index contributed by atoms with van der Waals surface area (Å²) in [6.45, 7) is 0. The number of carbonyl (C=O) groups is 1. The SMILES string of the molecule is C#CCCCCCC(=O)C1CC1. The third-order valence-electron chi connectivity index (χ3n) is 2.28. The Kier molecular flexibility index (Phi) is 3.87. The zero-order chi connectivity index (χ0) is 8.81. The van der Waals surface area contributed by atoms with E-state index in [1.807, 2.05) is 0 Å². The first-order valence-electron chi connectivity index (χ1n) is 4.81. The third kappa shape index (κ3) is 3.57. The van der Waals surface area contributed by atoms with Crippen LogP contribution in [0.3, 0.4) is 0 Å². The smallest absolute Gasteiger partial charge is 0.135 e. The first kappa shape index (κ1) is 9.32. The first-order valence-corrected chi connectivity index (χ1v) is 4.81. The highest BCUT2D eigenvalue weighted by molar-refractivity contribution is 5.82. The number of hydrogen-bond donors (Lipinski definition) is 0. The molecule has 1 heteroatoms. The first-order chi connectivity index (χ1) is 5.84. The minimum atomic E-state index is 0.442. The minimum absolute atomic E-state index is 0.442. The van der Waals surface area contributed by atoms with Crippen LogP contribution in [0.4, 0.5) is 0 Å². The summed E-state index contributed by atoms with van der Waals surface area (Å²) >= 11 is 0. The van der Waals surface area contributed by atoms with Crippen molar-refractivity contribution in [2.24, 2.45) is 5.92 Å². The molecule has 1 saturated carbocycles. The van der Waals surface area contributed by atoms with Crippen LogP contribution >= 0.6 is 0 Å². The average Bonchev–Trinajstić information content (AvgIpc) is 2.86. The van der Waals surface area contributed by atoms with E-state index < -0.39 is 0 Å². The van der Waals surface area contributed by atoms with Crippen molar-refractivity contribution in [2.75, 3.05) is 0 Å². The summed E-state index contributed by atoms with van der Waals surface area (Å²) in [5.74, 6) is 3.53. The normalized spacial score (nSPS) is 15.6. The Hall–Kier alpha value is -0.770. The summed E-state index contributed by atoms with van der Waals surface area (Å²) in [5.41, 5.74) is 0. The van der Waals surface area contributed by atoms with Crippen LogP contribution in [0, 0.1) is 18.3 Å². The summed E-state index contributed by atoms with van der Waals surface area (Å²) < 4.78 is 0. The summed E-state index contributed by atoms with van der Waals surface area (Å²) in [5, 5.41) is 0. The van der Waals surface area contributed by atoms with Crippen molar-refractivity contribution in [1.82, 2.24) is 0 Å². The van der Waals surface area contributed by atoms with Crippen molar-refractivity contribution >= 4 is 5.78 Å². The molecule has 1 aliphatic rings. The largest absolute Gasteiger partial charge is 0.299 e. The standard InChI is InChI=1S/C11H16O/c1-2-3-4-5-6-7-11(12)10-8-9-10/h1,10H,3-9H2. The van der Waals surface area contributed by atoms with Gasteiger partial charge in [-0.05, 0) is 25.7 Å².